The van der Waals surface area contributed by atoms with Crippen molar-refractivity contribution >= 4 is 37.4 Å². The summed E-state index contributed by atoms with van der Waals surface area (Å²) in [6.45, 7) is 2.10. The highest BCUT2D eigenvalue weighted by Gasteiger charge is 2.15. The molecular formula is C16H14BrNS. The van der Waals surface area contributed by atoms with Crippen LogP contribution in [0.4, 0.5) is 0 Å². The lowest BCUT2D eigenvalue weighted by atomic mass is 9.95. The van der Waals surface area contributed by atoms with Crippen LogP contribution in [-0.2, 0) is 0 Å². The molecule has 1 nitrogen and oxygen atoms in total. The van der Waals surface area contributed by atoms with E-state index in [1.165, 1.54) is 26.8 Å². The second-order valence-corrected chi connectivity index (χ2v) is 6.39. The van der Waals surface area contributed by atoms with E-state index in [4.69, 9.17) is 5.73 Å². The molecule has 3 rings (SSSR count). The summed E-state index contributed by atoms with van der Waals surface area (Å²) in [7, 11) is 0. The number of benzene rings is 2. The quantitative estimate of drug-likeness (QED) is 0.700. The van der Waals surface area contributed by atoms with Crippen molar-refractivity contribution in [3.05, 3.63) is 69.0 Å². The number of hydrogen-bond donors (Lipinski definition) is 1. The zero-order valence-corrected chi connectivity index (χ0v) is 13.0. The minimum atomic E-state index is -0.0835. The first-order chi connectivity index (χ1) is 9.18. The monoisotopic (exact) mass is 331 g/mol. The number of thiophene rings is 1. The van der Waals surface area contributed by atoms with Gasteiger partial charge in [0.2, 0.25) is 0 Å². The molecule has 3 aromatic rings. The van der Waals surface area contributed by atoms with Crippen LogP contribution in [0.5, 0.6) is 0 Å². The van der Waals surface area contributed by atoms with Gasteiger partial charge < -0.3 is 5.73 Å². The fraction of sp³-hybridized carbons (Fsp3) is 0.125. The van der Waals surface area contributed by atoms with E-state index >= 15 is 0 Å². The molecule has 1 unspecified atom stereocenters. The highest BCUT2D eigenvalue weighted by atomic mass is 79.9. The van der Waals surface area contributed by atoms with Crippen LogP contribution in [0.2, 0.25) is 0 Å². The van der Waals surface area contributed by atoms with Crippen molar-refractivity contribution in [2.24, 2.45) is 5.73 Å². The molecule has 0 saturated heterocycles. The Morgan fingerprint density at radius 1 is 1.05 bits per heavy atom. The molecule has 0 aliphatic heterocycles. The lowest BCUT2D eigenvalue weighted by Crippen LogP contribution is -2.13. The van der Waals surface area contributed by atoms with Gasteiger partial charge in [-0.25, -0.2) is 0 Å². The van der Waals surface area contributed by atoms with Gasteiger partial charge in [0.25, 0.3) is 0 Å². The summed E-state index contributed by atoms with van der Waals surface area (Å²) in [4.78, 5) is 0. The van der Waals surface area contributed by atoms with Crippen molar-refractivity contribution in [2.75, 3.05) is 0 Å². The molecule has 2 aromatic carbocycles. The van der Waals surface area contributed by atoms with E-state index < -0.39 is 0 Å². The maximum absolute atomic E-state index is 6.50. The summed E-state index contributed by atoms with van der Waals surface area (Å²) in [6.07, 6.45) is 0. The van der Waals surface area contributed by atoms with Gasteiger partial charge in [0, 0.05) is 9.17 Å². The highest BCUT2D eigenvalue weighted by Crippen LogP contribution is 2.33. The Labute approximate surface area is 125 Å². The van der Waals surface area contributed by atoms with Gasteiger partial charge in [0.05, 0.1) is 6.04 Å². The van der Waals surface area contributed by atoms with Gasteiger partial charge in [0.15, 0.2) is 0 Å². The van der Waals surface area contributed by atoms with Crippen LogP contribution < -0.4 is 5.73 Å². The number of hydrogen-bond acceptors (Lipinski definition) is 2. The smallest absolute Gasteiger partial charge is 0.0568 e. The van der Waals surface area contributed by atoms with Crippen molar-refractivity contribution in [1.82, 2.24) is 0 Å². The fourth-order valence-corrected chi connectivity index (χ4v) is 3.73. The normalized spacial score (nSPS) is 12.8. The number of halogens is 1. The molecule has 1 heterocycles. The van der Waals surface area contributed by atoms with Crippen molar-refractivity contribution in [1.29, 1.82) is 0 Å². The molecular weight excluding hydrogens is 318 g/mol. The van der Waals surface area contributed by atoms with Crippen LogP contribution >= 0.6 is 27.3 Å². The molecule has 3 heteroatoms. The minimum absolute atomic E-state index is 0.0835. The molecule has 0 aliphatic carbocycles. The molecule has 0 radical (unpaired) electrons. The Morgan fingerprint density at radius 2 is 1.79 bits per heavy atom. The maximum Gasteiger partial charge on any atom is 0.0568 e. The molecule has 0 bridgehead atoms. The Balaban J connectivity index is 2.16. The van der Waals surface area contributed by atoms with Crippen molar-refractivity contribution < 1.29 is 0 Å². The maximum atomic E-state index is 6.50. The first kappa shape index (κ1) is 12.9. The summed E-state index contributed by atoms with van der Waals surface area (Å²) in [5.74, 6) is 0. The van der Waals surface area contributed by atoms with E-state index in [0.29, 0.717) is 0 Å². The standard InChI is InChI=1S/C16H14BrNS/c1-10-12(5-3-7-14(10)17)15(18)13-6-2-4-11-8-9-19-16(11)13/h2-9,15H,18H2,1H3. The van der Waals surface area contributed by atoms with E-state index in [-0.39, 0.29) is 6.04 Å². The number of fused-ring (bicyclic) bond motifs is 1. The van der Waals surface area contributed by atoms with Gasteiger partial charge >= 0.3 is 0 Å². The van der Waals surface area contributed by atoms with Gasteiger partial charge in [-0.1, -0.05) is 46.3 Å². The third-order valence-electron chi connectivity index (χ3n) is 3.49. The van der Waals surface area contributed by atoms with Crippen LogP contribution in [0, 0.1) is 6.92 Å². The molecule has 0 fully saturated rings. The van der Waals surface area contributed by atoms with E-state index in [1.807, 2.05) is 6.07 Å². The average molecular weight is 332 g/mol. The van der Waals surface area contributed by atoms with Gasteiger partial charge in [-0.3, -0.25) is 0 Å². The third-order valence-corrected chi connectivity index (χ3v) is 5.33. The van der Waals surface area contributed by atoms with Crippen LogP contribution in [0.15, 0.2) is 52.3 Å². The Morgan fingerprint density at radius 3 is 2.63 bits per heavy atom. The van der Waals surface area contributed by atoms with E-state index in [9.17, 15) is 0 Å². The Bertz CT molecular complexity index is 732. The summed E-state index contributed by atoms with van der Waals surface area (Å²) >= 11 is 5.33. The largest absolute Gasteiger partial charge is 0.320 e. The molecule has 0 spiro atoms. The lowest BCUT2D eigenvalue weighted by molar-refractivity contribution is 0.870. The van der Waals surface area contributed by atoms with Gasteiger partial charge in [-0.2, -0.15) is 0 Å². The SMILES string of the molecule is Cc1c(Br)cccc1C(N)c1cccc2ccsc12. The van der Waals surface area contributed by atoms with Crippen molar-refractivity contribution in [2.45, 2.75) is 13.0 Å². The van der Waals surface area contributed by atoms with Crippen LogP contribution in [0.25, 0.3) is 10.1 Å². The highest BCUT2D eigenvalue weighted by molar-refractivity contribution is 9.10. The van der Waals surface area contributed by atoms with Gasteiger partial charge in [0.1, 0.15) is 0 Å². The molecule has 1 aromatic heterocycles. The molecule has 0 aliphatic rings. The fourth-order valence-electron chi connectivity index (χ4n) is 2.39. The van der Waals surface area contributed by atoms with Gasteiger partial charge in [-0.15, -0.1) is 11.3 Å². The molecule has 2 N–H and O–H groups in total. The van der Waals surface area contributed by atoms with Crippen molar-refractivity contribution in [3.63, 3.8) is 0 Å². The Kier molecular flexibility index (Phi) is 3.44. The van der Waals surface area contributed by atoms with Crippen LogP contribution in [-0.4, -0.2) is 0 Å². The molecule has 19 heavy (non-hydrogen) atoms. The summed E-state index contributed by atoms with van der Waals surface area (Å²) in [6, 6.07) is 14.6. The van der Waals surface area contributed by atoms with Crippen molar-refractivity contribution in [3.8, 4) is 0 Å². The summed E-state index contributed by atoms with van der Waals surface area (Å²) < 4.78 is 2.40. The van der Waals surface area contributed by atoms with Crippen LogP contribution in [0.3, 0.4) is 0 Å². The predicted molar refractivity (Wildman–Crippen MR) is 86.7 cm³/mol. The minimum Gasteiger partial charge on any atom is -0.320 e. The summed E-state index contributed by atoms with van der Waals surface area (Å²) in [5.41, 5.74) is 10.1. The zero-order valence-electron chi connectivity index (χ0n) is 10.6. The molecule has 0 saturated carbocycles. The molecule has 0 amide bonds. The lowest BCUT2D eigenvalue weighted by Gasteiger charge is -2.17. The second kappa shape index (κ2) is 5.08. The first-order valence-electron chi connectivity index (χ1n) is 6.15. The first-order valence-corrected chi connectivity index (χ1v) is 7.82. The number of rotatable bonds is 2. The molecule has 96 valence electrons. The molecule has 1 atom stereocenters. The average Bonchev–Trinajstić information content (AvgIpc) is 2.89. The summed E-state index contributed by atoms with van der Waals surface area (Å²) in [5, 5.41) is 3.39. The zero-order chi connectivity index (χ0) is 13.4. The van der Waals surface area contributed by atoms with E-state index in [0.717, 1.165) is 4.47 Å². The Hall–Kier alpha value is -1.16. The van der Waals surface area contributed by atoms with E-state index in [1.54, 1.807) is 11.3 Å². The predicted octanol–water partition coefficient (Wildman–Crippen LogP) is 5.02. The van der Waals surface area contributed by atoms with Crippen LogP contribution in [0.1, 0.15) is 22.7 Å². The second-order valence-electron chi connectivity index (χ2n) is 4.62. The third kappa shape index (κ3) is 2.22. The van der Waals surface area contributed by atoms with E-state index in [2.05, 4.69) is 64.6 Å². The number of nitrogens with two attached hydrogens (primary N) is 1. The topological polar surface area (TPSA) is 26.0 Å². The van der Waals surface area contributed by atoms with Gasteiger partial charge in [-0.05, 0) is 46.5 Å².